The van der Waals surface area contributed by atoms with Crippen LogP contribution < -0.4 is 5.32 Å². The van der Waals surface area contributed by atoms with E-state index >= 15 is 0 Å². The molecule has 0 rings (SSSR count). The van der Waals surface area contributed by atoms with Crippen molar-refractivity contribution >= 4 is 0 Å². The number of aliphatic hydroxyl groups is 2. The van der Waals surface area contributed by atoms with Crippen LogP contribution >= 0.6 is 0 Å². The summed E-state index contributed by atoms with van der Waals surface area (Å²) in [5, 5.41) is 23.7. The molecule has 0 saturated carbocycles. The van der Waals surface area contributed by atoms with Crippen LogP contribution in [0.25, 0.3) is 0 Å². The average molecular weight is 610 g/mol. The lowest BCUT2D eigenvalue weighted by molar-refractivity contribution is 0.0810. The summed E-state index contributed by atoms with van der Waals surface area (Å²) in [5.74, 6) is 0. The Hall–Kier alpha value is -0.120. The summed E-state index contributed by atoms with van der Waals surface area (Å²) in [6.07, 6.45) is 46.1. The lowest BCUT2D eigenvalue weighted by Gasteiger charge is -2.22. The highest BCUT2D eigenvalue weighted by Gasteiger charge is 2.17. The molecule has 0 aliphatic carbocycles. The van der Waals surface area contributed by atoms with Crippen molar-refractivity contribution in [3.8, 4) is 0 Å². The molecule has 260 valence electrons. The van der Waals surface area contributed by atoms with Crippen LogP contribution in [0, 0.1) is 0 Å². The third kappa shape index (κ3) is 34.6. The highest BCUT2D eigenvalue weighted by atomic mass is 16.3. The lowest BCUT2D eigenvalue weighted by atomic mass is 10.0. The van der Waals surface area contributed by atoms with Crippen molar-refractivity contribution in [2.45, 2.75) is 244 Å². The second-order valence-electron chi connectivity index (χ2n) is 14.1. The molecule has 0 fully saturated rings. The normalized spacial score (nSPS) is 13.1. The van der Waals surface area contributed by atoms with Crippen molar-refractivity contribution in [2.75, 3.05) is 13.2 Å². The molecule has 0 bridgehead atoms. The van der Waals surface area contributed by atoms with Crippen molar-refractivity contribution in [3.63, 3.8) is 0 Å². The summed E-state index contributed by atoms with van der Waals surface area (Å²) in [6, 6.07) is -0.155. The number of hydrogen-bond donors (Lipinski definition) is 3. The summed E-state index contributed by atoms with van der Waals surface area (Å²) >= 11 is 0. The third-order valence-corrected chi connectivity index (χ3v) is 9.70. The Balaban J connectivity index is 3.35. The Bertz CT molecular complexity index is 485. The Morgan fingerprint density at radius 3 is 0.907 bits per heavy atom. The summed E-state index contributed by atoms with van der Waals surface area (Å²) < 4.78 is 0. The quantitative estimate of drug-likeness (QED) is 0.0610. The molecular formula is C40H83NO2. The van der Waals surface area contributed by atoms with E-state index in [0.29, 0.717) is 0 Å². The van der Waals surface area contributed by atoms with Gasteiger partial charge in [-0.25, -0.2) is 0 Å². The van der Waals surface area contributed by atoms with Gasteiger partial charge in [0.2, 0.25) is 0 Å². The standard InChI is InChI=1S/C40H83NO2/c1-3-5-7-9-11-13-15-17-18-19-20-21-22-23-25-27-29-31-33-35-37-41-39(38-42)40(43)36-34-32-30-28-26-24-16-14-12-10-8-6-4-2/h39-43H,3-38H2,1-2H3/t39-,40+/m0/s1. The van der Waals surface area contributed by atoms with E-state index in [4.69, 9.17) is 0 Å². The van der Waals surface area contributed by atoms with E-state index in [1.54, 1.807) is 0 Å². The molecule has 3 nitrogen and oxygen atoms in total. The third-order valence-electron chi connectivity index (χ3n) is 9.70. The van der Waals surface area contributed by atoms with Gasteiger partial charge in [0.1, 0.15) is 0 Å². The maximum atomic E-state index is 10.5. The molecule has 0 aliphatic heterocycles. The Labute approximate surface area is 272 Å². The molecule has 43 heavy (non-hydrogen) atoms. The van der Waals surface area contributed by atoms with Crippen LogP contribution in [0.2, 0.25) is 0 Å². The largest absolute Gasteiger partial charge is 0.395 e. The first-order valence-corrected chi connectivity index (χ1v) is 20.3. The van der Waals surface area contributed by atoms with Crippen molar-refractivity contribution in [1.82, 2.24) is 5.32 Å². The lowest BCUT2D eigenvalue weighted by Crippen LogP contribution is -2.43. The number of unbranched alkanes of at least 4 members (excludes halogenated alkanes) is 31. The highest BCUT2D eigenvalue weighted by molar-refractivity contribution is 4.75. The fourth-order valence-electron chi connectivity index (χ4n) is 6.56. The van der Waals surface area contributed by atoms with E-state index in [2.05, 4.69) is 19.2 Å². The maximum Gasteiger partial charge on any atom is 0.0715 e. The smallest absolute Gasteiger partial charge is 0.0715 e. The monoisotopic (exact) mass is 610 g/mol. The van der Waals surface area contributed by atoms with E-state index in [1.807, 2.05) is 0 Å². The van der Waals surface area contributed by atoms with E-state index < -0.39 is 6.10 Å². The molecule has 0 saturated heterocycles. The van der Waals surface area contributed by atoms with Gasteiger partial charge in [0.05, 0.1) is 18.8 Å². The van der Waals surface area contributed by atoms with Crippen molar-refractivity contribution in [1.29, 1.82) is 0 Å². The maximum absolute atomic E-state index is 10.5. The van der Waals surface area contributed by atoms with Crippen LogP contribution in [0.1, 0.15) is 232 Å². The zero-order valence-electron chi connectivity index (χ0n) is 30.0. The van der Waals surface area contributed by atoms with Crippen molar-refractivity contribution in [2.24, 2.45) is 0 Å². The minimum atomic E-state index is -0.414. The van der Waals surface area contributed by atoms with Gasteiger partial charge in [-0.15, -0.1) is 0 Å². The molecule has 0 spiro atoms. The number of nitrogens with one attached hydrogen (secondary N) is 1. The van der Waals surface area contributed by atoms with Crippen LogP contribution in [-0.2, 0) is 0 Å². The predicted molar refractivity (Wildman–Crippen MR) is 193 cm³/mol. The van der Waals surface area contributed by atoms with E-state index in [1.165, 1.54) is 199 Å². The Kier molecular flexibility index (Phi) is 38.0. The van der Waals surface area contributed by atoms with E-state index in [-0.39, 0.29) is 12.6 Å². The second-order valence-corrected chi connectivity index (χ2v) is 14.1. The second kappa shape index (κ2) is 38.1. The number of rotatable bonds is 38. The van der Waals surface area contributed by atoms with Crippen LogP contribution in [0.15, 0.2) is 0 Å². The molecule has 2 atom stereocenters. The summed E-state index contributed by atoms with van der Waals surface area (Å²) in [4.78, 5) is 0. The van der Waals surface area contributed by atoms with Crippen LogP contribution in [-0.4, -0.2) is 35.5 Å². The molecule has 0 aromatic carbocycles. The first-order valence-electron chi connectivity index (χ1n) is 20.3. The van der Waals surface area contributed by atoms with Crippen LogP contribution in [0.4, 0.5) is 0 Å². The van der Waals surface area contributed by atoms with Gasteiger partial charge in [-0.3, -0.25) is 0 Å². The van der Waals surface area contributed by atoms with Gasteiger partial charge in [0.15, 0.2) is 0 Å². The van der Waals surface area contributed by atoms with Gasteiger partial charge in [0, 0.05) is 0 Å². The van der Waals surface area contributed by atoms with Gasteiger partial charge >= 0.3 is 0 Å². The van der Waals surface area contributed by atoms with Crippen molar-refractivity contribution in [3.05, 3.63) is 0 Å². The molecule has 0 unspecified atom stereocenters. The summed E-state index contributed by atoms with van der Waals surface area (Å²) in [6.45, 7) is 5.54. The Morgan fingerprint density at radius 1 is 0.372 bits per heavy atom. The Morgan fingerprint density at radius 2 is 0.628 bits per heavy atom. The summed E-state index contributed by atoms with van der Waals surface area (Å²) in [5.41, 5.74) is 0. The van der Waals surface area contributed by atoms with Gasteiger partial charge in [-0.2, -0.15) is 0 Å². The SMILES string of the molecule is CCCCCCCCCCCCCCCCCCCCCCN[C@@H](CO)[C@H](O)CCCCCCCCCCCCCCC. The first kappa shape index (κ1) is 42.9. The van der Waals surface area contributed by atoms with E-state index in [9.17, 15) is 10.2 Å². The van der Waals surface area contributed by atoms with Crippen LogP contribution in [0.5, 0.6) is 0 Å². The molecule has 0 amide bonds. The van der Waals surface area contributed by atoms with Crippen LogP contribution in [0.3, 0.4) is 0 Å². The fourth-order valence-corrected chi connectivity index (χ4v) is 6.56. The zero-order valence-corrected chi connectivity index (χ0v) is 30.0. The van der Waals surface area contributed by atoms with Gasteiger partial charge in [0.25, 0.3) is 0 Å². The minimum Gasteiger partial charge on any atom is -0.395 e. The molecule has 0 aromatic heterocycles. The predicted octanol–water partition coefficient (Wildman–Crippen LogP) is 12.6. The first-order chi connectivity index (χ1) is 21.3. The molecule has 0 aliphatic rings. The topological polar surface area (TPSA) is 52.5 Å². The average Bonchev–Trinajstić information content (AvgIpc) is 3.02. The molecular weight excluding hydrogens is 526 g/mol. The molecule has 0 aromatic rings. The molecule has 0 radical (unpaired) electrons. The molecule has 0 heterocycles. The number of aliphatic hydroxyl groups excluding tert-OH is 2. The fraction of sp³-hybridized carbons (Fsp3) is 1.00. The summed E-state index contributed by atoms with van der Waals surface area (Å²) in [7, 11) is 0. The van der Waals surface area contributed by atoms with Gasteiger partial charge < -0.3 is 15.5 Å². The molecule has 3 N–H and O–H groups in total. The number of hydrogen-bond acceptors (Lipinski definition) is 3. The minimum absolute atomic E-state index is 0.0405. The van der Waals surface area contributed by atoms with Gasteiger partial charge in [-0.05, 0) is 19.4 Å². The highest BCUT2D eigenvalue weighted by Crippen LogP contribution is 2.16. The zero-order chi connectivity index (χ0) is 31.3. The van der Waals surface area contributed by atoms with Gasteiger partial charge in [-0.1, -0.05) is 219 Å². The van der Waals surface area contributed by atoms with E-state index in [0.717, 1.165) is 25.8 Å². The van der Waals surface area contributed by atoms with Crippen molar-refractivity contribution < 1.29 is 10.2 Å². The molecule has 3 heteroatoms.